The lowest BCUT2D eigenvalue weighted by atomic mass is 9.69. The van der Waals surface area contributed by atoms with Crippen LogP contribution in [0, 0.1) is 5.41 Å². The van der Waals surface area contributed by atoms with Crippen LogP contribution < -0.4 is 0 Å². The van der Waals surface area contributed by atoms with E-state index in [2.05, 4.69) is 0 Å². The SMILES string of the molecule is O=C(O)c1cccc(CC(=O)N2CCCC3(CCCCC3)C2)c1. The standard InChI is InChI=1S/C19H25NO3/c21-17(13-15-6-4-7-16(12-15)18(22)23)20-11-5-10-19(14-20)8-2-1-3-9-19/h4,6-7,12H,1-3,5,8-11,13-14H2,(H,22,23). The summed E-state index contributed by atoms with van der Waals surface area (Å²) >= 11 is 0. The Bertz CT molecular complexity index is 585. The second kappa shape index (κ2) is 6.73. The van der Waals surface area contributed by atoms with E-state index in [0.717, 1.165) is 25.1 Å². The Morgan fingerprint density at radius 2 is 1.83 bits per heavy atom. The maximum Gasteiger partial charge on any atom is 0.335 e. The highest BCUT2D eigenvalue weighted by molar-refractivity contribution is 5.88. The molecule has 1 amide bonds. The van der Waals surface area contributed by atoms with Crippen LogP contribution in [0.5, 0.6) is 0 Å². The molecule has 1 spiro atoms. The maximum absolute atomic E-state index is 12.7. The molecule has 4 nitrogen and oxygen atoms in total. The molecule has 0 bridgehead atoms. The number of carbonyl (C=O) groups is 2. The van der Waals surface area contributed by atoms with Gasteiger partial charge in [-0.25, -0.2) is 4.79 Å². The van der Waals surface area contributed by atoms with Gasteiger partial charge in [0.05, 0.1) is 12.0 Å². The van der Waals surface area contributed by atoms with Crippen molar-refractivity contribution in [1.82, 2.24) is 4.90 Å². The molecular weight excluding hydrogens is 290 g/mol. The molecule has 0 radical (unpaired) electrons. The minimum atomic E-state index is -0.946. The van der Waals surface area contributed by atoms with E-state index < -0.39 is 5.97 Å². The molecule has 1 aliphatic carbocycles. The van der Waals surface area contributed by atoms with Gasteiger partial charge in [-0.1, -0.05) is 31.4 Å². The Morgan fingerprint density at radius 3 is 2.57 bits per heavy atom. The molecule has 1 heterocycles. The van der Waals surface area contributed by atoms with Gasteiger partial charge in [-0.3, -0.25) is 4.79 Å². The van der Waals surface area contributed by atoms with E-state index in [-0.39, 0.29) is 11.5 Å². The summed E-state index contributed by atoms with van der Waals surface area (Å²) in [5.74, 6) is -0.810. The highest BCUT2D eigenvalue weighted by atomic mass is 16.4. The number of carboxylic acid groups (broad SMARTS) is 1. The number of hydrogen-bond acceptors (Lipinski definition) is 2. The van der Waals surface area contributed by atoms with Gasteiger partial charge in [0.15, 0.2) is 0 Å². The Morgan fingerprint density at radius 1 is 1.09 bits per heavy atom. The quantitative estimate of drug-likeness (QED) is 0.928. The van der Waals surface area contributed by atoms with E-state index in [4.69, 9.17) is 5.11 Å². The summed E-state index contributed by atoms with van der Waals surface area (Å²) < 4.78 is 0. The predicted octanol–water partition coefficient (Wildman–Crippen LogP) is 3.50. The molecule has 1 saturated carbocycles. The Kier molecular flexibility index (Phi) is 4.69. The molecule has 23 heavy (non-hydrogen) atoms. The van der Waals surface area contributed by atoms with Crippen molar-refractivity contribution < 1.29 is 14.7 Å². The van der Waals surface area contributed by atoms with E-state index >= 15 is 0 Å². The Balaban J connectivity index is 1.65. The van der Waals surface area contributed by atoms with Gasteiger partial charge in [0, 0.05) is 13.1 Å². The minimum absolute atomic E-state index is 0.136. The fourth-order valence-corrected chi connectivity index (χ4v) is 4.23. The van der Waals surface area contributed by atoms with Crippen molar-refractivity contribution in [3.8, 4) is 0 Å². The predicted molar refractivity (Wildman–Crippen MR) is 88.4 cm³/mol. The summed E-state index contributed by atoms with van der Waals surface area (Å²) in [6, 6.07) is 6.73. The number of nitrogens with zero attached hydrogens (tertiary/aromatic N) is 1. The number of rotatable bonds is 3. The Labute approximate surface area is 137 Å². The number of benzene rings is 1. The number of amides is 1. The van der Waals surface area contributed by atoms with Gasteiger partial charge >= 0.3 is 5.97 Å². The average Bonchev–Trinajstić information content (AvgIpc) is 2.56. The van der Waals surface area contributed by atoms with E-state index in [0.29, 0.717) is 11.8 Å². The van der Waals surface area contributed by atoms with E-state index in [9.17, 15) is 9.59 Å². The highest BCUT2D eigenvalue weighted by Gasteiger charge is 2.37. The first-order chi connectivity index (χ1) is 11.1. The van der Waals surface area contributed by atoms with Crippen molar-refractivity contribution in [2.45, 2.75) is 51.4 Å². The molecule has 0 aromatic heterocycles. The number of hydrogen-bond donors (Lipinski definition) is 1. The normalized spacial score (nSPS) is 20.4. The third-order valence-corrected chi connectivity index (χ3v) is 5.46. The van der Waals surface area contributed by atoms with Gasteiger partial charge in [0.25, 0.3) is 0 Å². The zero-order valence-corrected chi connectivity index (χ0v) is 13.6. The van der Waals surface area contributed by atoms with Gasteiger partial charge in [-0.05, 0) is 48.8 Å². The van der Waals surface area contributed by atoms with Crippen LogP contribution >= 0.6 is 0 Å². The lowest BCUT2D eigenvalue weighted by Crippen LogP contribution is -2.47. The third-order valence-electron chi connectivity index (χ3n) is 5.46. The second-order valence-electron chi connectivity index (χ2n) is 7.16. The summed E-state index contributed by atoms with van der Waals surface area (Å²) in [5, 5.41) is 9.06. The van der Waals surface area contributed by atoms with E-state index in [1.54, 1.807) is 18.2 Å². The smallest absolute Gasteiger partial charge is 0.335 e. The summed E-state index contributed by atoms with van der Waals surface area (Å²) in [5.41, 5.74) is 1.39. The molecule has 1 aromatic carbocycles. The van der Waals surface area contributed by atoms with Crippen LogP contribution in [-0.4, -0.2) is 35.0 Å². The van der Waals surface area contributed by atoms with Gasteiger partial charge in [0.2, 0.25) is 5.91 Å². The third kappa shape index (κ3) is 3.74. The zero-order valence-electron chi connectivity index (χ0n) is 13.6. The van der Waals surface area contributed by atoms with Crippen molar-refractivity contribution in [3.63, 3.8) is 0 Å². The van der Waals surface area contributed by atoms with Crippen molar-refractivity contribution in [1.29, 1.82) is 0 Å². The number of aromatic carboxylic acids is 1. The molecule has 0 atom stereocenters. The van der Waals surface area contributed by atoms with Crippen LogP contribution in [0.1, 0.15) is 60.9 Å². The molecule has 3 rings (SSSR count). The summed E-state index contributed by atoms with van der Waals surface area (Å²) in [6.45, 7) is 1.74. The van der Waals surface area contributed by atoms with E-state index in [1.807, 2.05) is 11.0 Å². The van der Waals surface area contributed by atoms with Gasteiger partial charge in [-0.15, -0.1) is 0 Å². The summed E-state index contributed by atoms with van der Waals surface area (Å²) in [6.07, 6.45) is 9.09. The lowest BCUT2D eigenvalue weighted by molar-refractivity contribution is -0.134. The first-order valence-electron chi connectivity index (χ1n) is 8.68. The monoisotopic (exact) mass is 315 g/mol. The zero-order chi connectivity index (χ0) is 16.3. The van der Waals surface area contributed by atoms with Crippen LogP contribution in [0.3, 0.4) is 0 Å². The molecule has 1 aromatic rings. The fourth-order valence-electron chi connectivity index (χ4n) is 4.23. The van der Waals surface area contributed by atoms with Gasteiger partial charge in [-0.2, -0.15) is 0 Å². The Hall–Kier alpha value is -1.84. The van der Waals surface area contributed by atoms with Crippen molar-refractivity contribution >= 4 is 11.9 Å². The van der Waals surface area contributed by atoms with Gasteiger partial charge in [0.1, 0.15) is 0 Å². The van der Waals surface area contributed by atoms with Crippen LogP contribution in [0.15, 0.2) is 24.3 Å². The number of piperidine rings is 1. The largest absolute Gasteiger partial charge is 0.478 e. The number of likely N-dealkylation sites (tertiary alicyclic amines) is 1. The van der Waals surface area contributed by atoms with Crippen molar-refractivity contribution in [2.24, 2.45) is 5.41 Å². The van der Waals surface area contributed by atoms with Crippen LogP contribution in [0.2, 0.25) is 0 Å². The molecule has 124 valence electrons. The fraction of sp³-hybridized carbons (Fsp3) is 0.579. The topological polar surface area (TPSA) is 57.6 Å². The summed E-state index contributed by atoms with van der Waals surface area (Å²) in [4.78, 5) is 25.7. The average molecular weight is 315 g/mol. The first kappa shape index (κ1) is 16.0. The van der Waals surface area contributed by atoms with Crippen molar-refractivity contribution in [2.75, 3.05) is 13.1 Å². The molecule has 2 aliphatic rings. The molecule has 1 saturated heterocycles. The second-order valence-corrected chi connectivity index (χ2v) is 7.16. The first-order valence-corrected chi connectivity index (χ1v) is 8.68. The molecule has 1 aliphatic heterocycles. The lowest BCUT2D eigenvalue weighted by Gasteiger charge is -2.45. The molecular formula is C19H25NO3. The highest BCUT2D eigenvalue weighted by Crippen LogP contribution is 2.43. The van der Waals surface area contributed by atoms with Crippen LogP contribution in [0.25, 0.3) is 0 Å². The van der Waals surface area contributed by atoms with Gasteiger partial charge < -0.3 is 10.0 Å². The molecule has 4 heteroatoms. The maximum atomic E-state index is 12.7. The molecule has 1 N–H and O–H groups in total. The summed E-state index contributed by atoms with van der Waals surface area (Å²) in [7, 11) is 0. The van der Waals surface area contributed by atoms with Crippen molar-refractivity contribution in [3.05, 3.63) is 35.4 Å². The molecule has 0 unspecified atom stereocenters. The number of carbonyl (C=O) groups excluding carboxylic acids is 1. The van der Waals surface area contributed by atoms with E-state index in [1.165, 1.54) is 38.5 Å². The minimum Gasteiger partial charge on any atom is -0.478 e. The van der Waals surface area contributed by atoms with Crippen LogP contribution in [-0.2, 0) is 11.2 Å². The van der Waals surface area contributed by atoms with Crippen LogP contribution in [0.4, 0.5) is 0 Å². The number of carboxylic acids is 1. The molecule has 2 fully saturated rings.